The fourth-order valence-electron chi connectivity index (χ4n) is 1.77. The Labute approximate surface area is 99.7 Å². The maximum Gasteiger partial charge on any atom is 0.141 e. The fourth-order valence-corrected chi connectivity index (χ4v) is 1.77. The van der Waals surface area contributed by atoms with Crippen LogP contribution in [0.15, 0.2) is 43.0 Å². The van der Waals surface area contributed by atoms with Crippen molar-refractivity contribution in [1.29, 1.82) is 0 Å². The zero-order chi connectivity index (χ0) is 12.1. The third kappa shape index (κ3) is 2.85. The Balaban J connectivity index is 2.35. The van der Waals surface area contributed by atoms with Crippen LogP contribution in [0.2, 0.25) is 0 Å². The van der Waals surface area contributed by atoms with Crippen molar-refractivity contribution in [3.8, 4) is 0 Å². The lowest BCUT2D eigenvalue weighted by Gasteiger charge is -2.18. The molecule has 0 saturated carbocycles. The van der Waals surface area contributed by atoms with Gasteiger partial charge in [-0.1, -0.05) is 6.92 Å². The Morgan fingerprint density at radius 2 is 1.94 bits per heavy atom. The molecule has 3 nitrogen and oxygen atoms in total. The van der Waals surface area contributed by atoms with E-state index >= 15 is 0 Å². The first kappa shape index (κ1) is 11.7. The molecular weight excluding hydrogens is 217 g/mol. The molecule has 0 saturated heterocycles. The number of hydrogen-bond donors (Lipinski definition) is 1. The first-order valence-electron chi connectivity index (χ1n) is 5.55. The summed E-state index contributed by atoms with van der Waals surface area (Å²) in [7, 11) is 0. The van der Waals surface area contributed by atoms with Crippen molar-refractivity contribution in [1.82, 2.24) is 15.3 Å². The van der Waals surface area contributed by atoms with Crippen molar-refractivity contribution in [2.24, 2.45) is 0 Å². The van der Waals surface area contributed by atoms with Gasteiger partial charge in [0.15, 0.2) is 0 Å². The molecule has 2 aromatic rings. The van der Waals surface area contributed by atoms with E-state index in [1.807, 2.05) is 19.1 Å². The van der Waals surface area contributed by atoms with E-state index in [9.17, 15) is 4.39 Å². The minimum Gasteiger partial charge on any atom is -0.306 e. The van der Waals surface area contributed by atoms with E-state index in [1.54, 1.807) is 18.6 Å². The molecule has 1 unspecified atom stereocenters. The van der Waals surface area contributed by atoms with Crippen LogP contribution in [-0.4, -0.2) is 16.5 Å². The third-order valence-electron chi connectivity index (χ3n) is 2.51. The van der Waals surface area contributed by atoms with Crippen LogP contribution in [0.5, 0.6) is 0 Å². The van der Waals surface area contributed by atoms with E-state index in [0.29, 0.717) is 0 Å². The van der Waals surface area contributed by atoms with Gasteiger partial charge in [-0.2, -0.15) is 0 Å². The summed E-state index contributed by atoms with van der Waals surface area (Å²) >= 11 is 0. The summed E-state index contributed by atoms with van der Waals surface area (Å²) in [5.41, 5.74) is 1.87. The summed E-state index contributed by atoms with van der Waals surface area (Å²) in [6.45, 7) is 2.81. The van der Waals surface area contributed by atoms with Crippen molar-refractivity contribution in [2.45, 2.75) is 13.0 Å². The quantitative estimate of drug-likeness (QED) is 0.877. The molecule has 2 heterocycles. The van der Waals surface area contributed by atoms with E-state index < -0.39 is 0 Å². The van der Waals surface area contributed by atoms with Gasteiger partial charge in [0.05, 0.1) is 12.2 Å². The molecule has 17 heavy (non-hydrogen) atoms. The summed E-state index contributed by atoms with van der Waals surface area (Å²) in [4.78, 5) is 7.86. The summed E-state index contributed by atoms with van der Waals surface area (Å²) < 4.78 is 13.2. The first-order valence-corrected chi connectivity index (χ1v) is 5.55. The molecular formula is C13H14FN3. The van der Waals surface area contributed by atoms with Gasteiger partial charge in [0.2, 0.25) is 0 Å². The summed E-state index contributed by atoms with van der Waals surface area (Å²) in [6.07, 6.45) is 6.34. The topological polar surface area (TPSA) is 37.8 Å². The lowest BCUT2D eigenvalue weighted by Crippen LogP contribution is -2.22. The lowest BCUT2D eigenvalue weighted by atomic mass is 10.0. The fraction of sp³-hybridized carbons (Fsp3) is 0.231. The lowest BCUT2D eigenvalue weighted by molar-refractivity contribution is 0.596. The summed E-state index contributed by atoms with van der Waals surface area (Å²) in [6, 6.07) is 5.28. The van der Waals surface area contributed by atoms with E-state index in [-0.39, 0.29) is 11.9 Å². The van der Waals surface area contributed by atoms with Gasteiger partial charge in [0.25, 0.3) is 0 Å². The Kier molecular flexibility index (Phi) is 3.77. The summed E-state index contributed by atoms with van der Waals surface area (Å²) in [5.74, 6) is -0.320. The van der Waals surface area contributed by atoms with E-state index in [0.717, 1.165) is 17.7 Å². The number of nitrogens with zero attached hydrogens (tertiary/aromatic N) is 2. The molecule has 88 valence electrons. The maximum atomic E-state index is 13.2. The monoisotopic (exact) mass is 231 g/mol. The molecule has 0 radical (unpaired) electrons. The normalized spacial score (nSPS) is 12.4. The number of pyridine rings is 2. The van der Waals surface area contributed by atoms with Crippen molar-refractivity contribution in [3.63, 3.8) is 0 Å². The first-order chi connectivity index (χ1) is 8.31. The van der Waals surface area contributed by atoms with E-state index in [4.69, 9.17) is 0 Å². The van der Waals surface area contributed by atoms with Crippen LogP contribution >= 0.6 is 0 Å². The predicted molar refractivity (Wildman–Crippen MR) is 64.0 cm³/mol. The van der Waals surface area contributed by atoms with Crippen molar-refractivity contribution in [2.75, 3.05) is 6.54 Å². The van der Waals surface area contributed by atoms with Crippen LogP contribution in [0.3, 0.4) is 0 Å². The molecule has 1 N–H and O–H groups in total. The van der Waals surface area contributed by atoms with E-state index in [1.165, 1.54) is 12.3 Å². The van der Waals surface area contributed by atoms with Gasteiger partial charge < -0.3 is 5.32 Å². The molecule has 2 aromatic heterocycles. The molecule has 2 rings (SSSR count). The molecule has 0 bridgehead atoms. The molecule has 0 aliphatic carbocycles. The standard InChI is InChI=1S/C13H14FN3/c1-2-17-13(10-3-5-15-6-4-10)11-7-12(14)9-16-8-11/h3-9,13,17H,2H2,1H3. The molecule has 0 amide bonds. The Bertz CT molecular complexity index is 473. The Hall–Kier alpha value is -1.81. The highest BCUT2D eigenvalue weighted by molar-refractivity contribution is 5.28. The van der Waals surface area contributed by atoms with Gasteiger partial charge in [-0.05, 0) is 35.9 Å². The number of halogens is 1. The van der Waals surface area contributed by atoms with Crippen molar-refractivity contribution < 1.29 is 4.39 Å². The largest absolute Gasteiger partial charge is 0.306 e. The molecule has 0 fully saturated rings. The van der Waals surface area contributed by atoms with Gasteiger partial charge in [-0.25, -0.2) is 4.39 Å². The van der Waals surface area contributed by atoms with Gasteiger partial charge in [0, 0.05) is 18.6 Å². The second kappa shape index (κ2) is 5.50. The van der Waals surface area contributed by atoms with Crippen LogP contribution in [0.4, 0.5) is 4.39 Å². The minimum atomic E-state index is -0.320. The third-order valence-corrected chi connectivity index (χ3v) is 2.51. The van der Waals surface area contributed by atoms with Crippen molar-refractivity contribution >= 4 is 0 Å². The predicted octanol–water partition coefficient (Wildman–Crippen LogP) is 2.31. The van der Waals surface area contributed by atoms with Crippen LogP contribution in [-0.2, 0) is 0 Å². The number of nitrogens with one attached hydrogen (secondary N) is 1. The molecule has 0 spiro atoms. The second-order valence-electron chi connectivity index (χ2n) is 3.71. The smallest absolute Gasteiger partial charge is 0.141 e. The number of aromatic nitrogens is 2. The average Bonchev–Trinajstić information content (AvgIpc) is 2.37. The highest BCUT2D eigenvalue weighted by atomic mass is 19.1. The highest BCUT2D eigenvalue weighted by Crippen LogP contribution is 2.21. The number of rotatable bonds is 4. The van der Waals surface area contributed by atoms with Crippen LogP contribution < -0.4 is 5.32 Å². The average molecular weight is 231 g/mol. The van der Waals surface area contributed by atoms with E-state index in [2.05, 4.69) is 15.3 Å². The Morgan fingerprint density at radius 3 is 2.59 bits per heavy atom. The summed E-state index contributed by atoms with van der Waals surface area (Å²) in [5, 5.41) is 3.31. The molecule has 0 aliphatic rings. The minimum absolute atomic E-state index is 0.0498. The molecule has 1 atom stereocenters. The van der Waals surface area contributed by atoms with Crippen LogP contribution in [0, 0.1) is 5.82 Å². The maximum absolute atomic E-state index is 13.2. The number of hydrogen-bond acceptors (Lipinski definition) is 3. The highest BCUT2D eigenvalue weighted by Gasteiger charge is 2.13. The van der Waals surface area contributed by atoms with Gasteiger partial charge in [-0.3, -0.25) is 9.97 Å². The zero-order valence-electron chi connectivity index (χ0n) is 9.60. The van der Waals surface area contributed by atoms with Crippen LogP contribution in [0.25, 0.3) is 0 Å². The molecule has 0 aromatic carbocycles. The molecule has 4 heteroatoms. The van der Waals surface area contributed by atoms with Gasteiger partial charge >= 0.3 is 0 Å². The van der Waals surface area contributed by atoms with Crippen LogP contribution in [0.1, 0.15) is 24.1 Å². The van der Waals surface area contributed by atoms with Crippen molar-refractivity contribution in [3.05, 3.63) is 59.9 Å². The SMILES string of the molecule is CCNC(c1ccncc1)c1cncc(F)c1. The second-order valence-corrected chi connectivity index (χ2v) is 3.71. The molecule has 0 aliphatic heterocycles. The zero-order valence-corrected chi connectivity index (χ0v) is 9.60. The van der Waals surface area contributed by atoms with Gasteiger partial charge in [-0.15, -0.1) is 0 Å². The Morgan fingerprint density at radius 1 is 1.18 bits per heavy atom. The van der Waals surface area contributed by atoms with Gasteiger partial charge in [0.1, 0.15) is 5.82 Å².